The van der Waals surface area contributed by atoms with Crippen LogP contribution in [0.3, 0.4) is 0 Å². The van der Waals surface area contributed by atoms with Crippen molar-refractivity contribution in [3.05, 3.63) is 97.2 Å². The summed E-state index contributed by atoms with van der Waals surface area (Å²) in [6, 6.07) is 0. The molecular formula is C58H96O6. The SMILES string of the molecule is CC\C=C/C=C\C=C/CCCCCCCC(=O)OCC(COC(=O)CCCCCCC\C=C/C=C\C=C/CCCCCCC)OC(=O)CCCCCCCC/C=C\C=C/CCCCC. The standard InChI is InChI=1S/C58H96O6/c1-4-7-10-13-16-19-22-25-27-28-29-31-33-36-39-42-45-48-51-57(60)63-54-55(53-62-56(59)50-47-44-41-38-35-32-24-21-18-15-12-9-6-3)64-58(61)52-49-46-43-40-37-34-30-26-23-20-17-14-11-8-5-2/h9,12,15,17-18,20-29,31,55H,4-8,10-11,13-14,16,19,30,32-54H2,1-3H3/b12-9-,18-15-,20-17-,24-21-,25-22-,26-23-,28-27-,31-29-. The largest absolute Gasteiger partial charge is 0.462 e. The molecule has 0 fully saturated rings. The summed E-state index contributed by atoms with van der Waals surface area (Å²) in [5, 5.41) is 0. The fourth-order valence-corrected chi connectivity index (χ4v) is 6.96. The first-order valence-electron chi connectivity index (χ1n) is 26.3. The molecule has 0 saturated heterocycles. The zero-order chi connectivity index (χ0) is 46.5. The van der Waals surface area contributed by atoms with Crippen LogP contribution in [-0.2, 0) is 28.6 Å². The number of esters is 3. The van der Waals surface area contributed by atoms with E-state index >= 15 is 0 Å². The zero-order valence-corrected chi connectivity index (χ0v) is 41.5. The summed E-state index contributed by atoms with van der Waals surface area (Å²) in [5.41, 5.74) is 0. The van der Waals surface area contributed by atoms with E-state index in [1.807, 2.05) is 0 Å². The lowest BCUT2D eigenvalue weighted by molar-refractivity contribution is -0.167. The van der Waals surface area contributed by atoms with Gasteiger partial charge in [0, 0.05) is 19.3 Å². The van der Waals surface area contributed by atoms with E-state index in [0.717, 1.165) is 122 Å². The van der Waals surface area contributed by atoms with E-state index in [-0.39, 0.29) is 31.1 Å². The van der Waals surface area contributed by atoms with E-state index in [4.69, 9.17) is 14.2 Å². The third-order valence-corrected chi connectivity index (χ3v) is 10.9. The predicted octanol–water partition coefficient (Wildman–Crippen LogP) is 17.4. The second-order valence-corrected chi connectivity index (χ2v) is 17.2. The van der Waals surface area contributed by atoms with E-state index in [2.05, 4.69) is 118 Å². The Balaban J connectivity index is 4.48. The van der Waals surface area contributed by atoms with Crippen LogP contribution in [0.2, 0.25) is 0 Å². The van der Waals surface area contributed by atoms with Gasteiger partial charge in [0.05, 0.1) is 0 Å². The van der Waals surface area contributed by atoms with Gasteiger partial charge in [-0.15, -0.1) is 0 Å². The number of ether oxygens (including phenoxy) is 3. The molecule has 0 aliphatic rings. The smallest absolute Gasteiger partial charge is 0.306 e. The van der Waals surface area contributed by atoms with Crippen molar-refractivity contribution >= 4 is 17.9 Å². The van der Waals surface area contributed by atoms with Gasteiger partial charge in [0.25, 0.3) is 0 Å². The maximum atomic E-state index is 12.8. The molecular weight excluding hydrogens is 793 g/mol. The third-order valence-electron chi connectivity index (χ3n) is 10.9. The van der Waals surface area contributed by atoms with Crippen LogP contribution in [-0.4, -0.2) is 37.2 Å². The quantitative estimate of drug-likeness (QED) is 0.0262. The van der Waals surface area contributed by atoms with Crippen LogP contribution in [0.5, 0.6) is 0 Å². The summed E-state index contributed by atoms with van der Waals surface area (Å²) < 4.78 is 16.8. The molecule has 0 radical (unpaired) electrons. The number of unbranched alkanes of at least 4 members (excludes halogenated alkanes) is 24. The highest BCUT2D eigenvalue weighted by Gasteiger charge is 2.19. The molecule has 0 bridgehead atoms. The molecule has 0 aromatic heterocycles. The van der Waals surface area contributed by atoms with Gasteiger partial charge in [-0.05, 0) is 89.9 Å². The van der Waals surface area contributed by atoms with Gasteiger partial charge in [-0.1, -0.05) is 221 Å². The first-order chi connectivity index (χ1) is 31.5. The van der Waals surface area contributed by atoms with Crippen LogP contribution in [0.25, 0.3) is 0 Å². The molecule has 364 valence electrons. The van der Waals surface area contributed by atoms with Crippen molar-refractivity contribution in [3.8, 4) is 0 Å². The van der Waals surface area contributed by atoms with Crippen LogP contribution in [0.15, 0.2) is 97.2 Å². The normalized spacial score (nSPS) is 12.9. The second-order valence-electron chi connectivity index (χ2n) is 17.2. The molecule has 64 heavy (non-hydrogen) atoms. The van der Waals surface area contributed by atoms with E-state index in [1.54, 1.807) is 0 Å². The molecule has 6 nitrogen and oxygen atoms in total. The molecule has 1 unspecified atom stereocenters. The highest BCUT2D eigenvalue weighted by molar-refractivity contribution is 5.71. The Morgan fingerprint density at radius 3 is 0.984 bits per heavy atom. The summed E-state index contributed by atoms with van der Waals surface area (Å²) in [4.78, 5) is 38.0. The van der Waals surface area contributed by atoms with Crippen molar-refractivity contribution in [1.29, 1.82) is 0 Å². The maximum absolute atomic E-state index is 12.8. The molecule has 0 spiro atoms. The first kappa shape index (κ1) is 60.3. The Kier molecular flexibility index (Phi) is 49.0. The molecule has 1 atom stereocenters. The lowest BCUT2D eigenvalue weighted by Gasteiger charge is -2.18. The van der Waals surface area contributed by atoms with Crippen LogP contribution in [0.4, 0.5) is 0 Å². The van der Waals surface area contributed by atoms with E-state index in [1.165, 1.54) is 70.6 Å². The van der Waals surface area contributed by atoms with Gasteiger partial charge in [0.1, 0.15) is 13.2 Å². The molecule has 0 aliphatic carbocycles. The average Bonchev–Trinajstić information content (AvgIpc) is 3.29. The minimum atomic E-state index is -0.801. The minimum absolute atomic E-state index is 0.101. The summed E-state index contributed by atoms with van der Waals surface area (Å²) in [5.74, 6) is -0.954. The minimum Gasteiger partial charge on any atom is -0.462 e. The van der Waals surface area contributed by atoms with Crippen LogP contribution < -0.4 is 0 Å². The van der Waals surface area contributed by atoms with E-state index < -0.39 is 6.10 Å². The number of carbonyl (C=O) groups is 3. The number of allylic oxidation sites excluding steroid dienone is 16. The Morgan fingerprint density at radius 2 is 0.609 bits per heavy atom. The van der Waals surface area contributed by atoms with E-state index in [0.29, 0.717) is 19.3 Å². The predicted molar refractivity (Wildman–Crippen MR) is 274 cm³/mol. The number of rotatable bonds is 46. The Bertz CT molecular complexity index is 1300. The summed E-state index contributed by atoms with van der Waals surface area (Å²) in [6.07, 6.45) is 68.1. The lowest BCUT2D eigenvalue weighted by atomic mass is 10.1. The number of hydrogen-bond acceptors (Lipinski definition) is 6. The highest BCUT2D eigenvalue weighted by atomic mass is 16.6. The van der Waals surface area contributed by atoms with Gasteiger partial charge in [-0.2, -0.15) is 0 Å². The highest BCUT2D eigenvalue weighted by Crippen LogP contribution is 2.13. The fraction of sp³-hybridized carbons (Fsp3) is 0.672. The zero-order valence-electron chi connectivity index (χ0n) is 41.5. The van der Waals surface area contributed by atoms with Crippen molar-refractivity contribution in [2.45, 2.75) is 239 Å². The number of carbonyl (C=O) groups excluding carboxylic acids is 3. The maximum Gasteiger partial charge on any atom is 0.306 e. The van der Waals surface area contributed by atoms with Gasteiger partial charge in [-0.3, -0.25) is 14.4 Å². The third kappa shape index (κ3) is 49.3. The average molecular weight is 889 g/mol. The summed E-state index contributed by atoms with van der Waals surface area (Å²) >= 11 is 0. The molecule has 0 saturated carbocycles. The molecule has 0 heterocycles. The van der Waals surface area contributed by atoms with Crippen molar-refractivity contribution in [2.24, 2.45) is 0 Å². The van der Waals surface area contributed by atoms with Crippen LogP contribution in [0, 0.1) is 0 Å². The van der Waals surface area contributed by atoms with Crippen LogP contribution >= 0.6 is 0 Å². The fourth-order valence-electron chi connectivity index (χ4n) is 6.96. The molecule has 6 heteroatoms. The molecule has 0 rings (SSSR count). The van der Waals surface area contributed by atoms with E-state index in [9.17, 15) is 14.4 Å². The van der Waals surface area contributed by atoms with Gasteiger partial charge in [-0.25, -0.2) is 0 Å². The van der Waals surface area contributed by atoms with Crippen molar-refractivity contribution < 1.29 is 28.6 Å². The van der Waals surface area contributed by atoms with Gasteiger partial charge < -0.3 is 14.2 Å². The summed E-state index contributed by atoms with van der Waals surface area (Å²) in [6.45, 7) is 6.41. The van der Waals surface area contributed by atoms with Gasteiger partial charge in [0.15, 0.2) is 6.10 Å². The molecule has 0 aliphatic heterocycles. The molecule has 0 N–H and O–H groups in total. The summed E-state index contributed by atoms with van der Waals surface area (Å²) in [7, 11) is 0. The Labute approximate surface area is 394 Å². The first-order valence-corrected chi connectivity index (χ1v) is 26.3. The lowest BCUT2D eigenvalue weighted by Crippen LogP contribution is -2.30. The molecule has 0 aromatic carbocycles. The Hall–Kier alpha value is -3.67. The van der Waals surface area contributed by atoms with Crippen molar-refractivity contribution in [1.82, 2.24) is 0 Å². The second kappa shape index (κ2) is 52.0. The van der Waals surface area contributed by atoms with Gasteiger partial charge >= 0.3 is 17.9 Å². The monoisotopic (exact) mass is 889 g/mol. The Morgan fingerprint density at radius 1 is 0.328 bits per heavy atom. The van der Waals surface area contributed by atoms with Crippen molar-refractivity contribution in [3.63, 3.8) is 0 Å². The molecule has 0 aromatic rings. The molecule has 0 amide bonds. The topological polar surface area (TPSA) is 78.9 Å². The van der Waals surface area contributed by atoms with Crippen molar-refractivity contribution in [2.75, 3.05) is 13.2 Å². The van der Waals surface area contributed by atoms with Crippen LogP contribution in [0.1, 0.15) is 233 Å². The van der Waals surface area contributed by atoms with Gasteiger partial charge in [0.2, 0.25) is 0 Å². The number of hydrogen-bond donors (Lipinski definition) is 0.